The van der Waals surface area contributed by atoms with Crippen molar-refractivity contribution >= 4 is 23.8 Å². The first-order valence-electron chi connectivity index (χ1n) is 6.40. The highest BCUT2D eigenvalue weighted by Gasteiger charge is 2.44. The lowest BCUT2D eigenvalue weighted by molar-refractivity contribution is -0.144. The van der Waals surface area contributed by atoms with Gasteiger partial charge >= 0.3 is 5.97 Å². The molecule has 1 saturated carbocycles. The van der Waals surface area contributed by atoms with Crippen LogP contribution < -0.4 is 5.32 Å². The van der Waals surface area contributed by atoms with Crippen LogP contribution in [-0.2, 0) is 14.3 Å². The third kappa shape index (κ3) is 3.34. The number of nitrogens with zero attached hydrogens (tertiary/aromatic N) is 1. The van der Waals surface area contributed by atoms with Crippen LogP contribution in [-0.4, -0.2) is 29.9 Å². The molecule has 0 heterocycles. The zero-order valence-corrected chi connectivity index (χ0v) is 11.1. The lowest BCUT2D eigenvalue weighted by Crippen LogP contribution is -2.12. The summed E-state index contributed by atoms with van der Waals surface area (Å²) in [6, 6.07) is 7.24. The van der Waals surface area contributed by atoms with Gasteiger partial charge in [-0.25, -0.2) is 0 Å². The van der Waals surface area contributed by atoms with E-state index in [2.05, 4.69) is 10.5 Å². The Kier molecular flexibility index (Phi) is 4.34. The molecule has 0 aliphatic heterocycles. The molecule has 0 saturated heterocycles. The van der Waals surface area contributed by atoms with Crippen LogP contribution in [0, 0.1) is 5.92 Å². The smallest absolute Gasteiger partial charge is 0.309 e. The number of hydrogen-bond acceptors (Lipinski definition) is 5. The maximum absolute atomic E-state index is 11.6. The van der Waals surface area contributed by atoms with Crippen molar-refractivity contribution in [3.8, 4) is 0 Å². The first-order chi connectivity index (χ1) is 9.65. The summed E-state index contributed by atoms with van der Waals surface area (Å²) in [5, 5.41) is 13.4. The minimum atomic E-state index is -0.504. The Morgan fingerprint density at radius 3 is 2.75 bits per heavy atom. The molecule has 1 aromatic carbocycles. The Morgan fingerprint density at radius 1 is 1.45 bits per heavy atom. The van der Waals surface area contributed by atoms with Gasteiger partial charge in [0.05, 0.1) is 12.5 Å². The highest BCUT2D eigenvalue weighted by Crippen LogP contribution is 2.48. The van der Waals surface area contributed by atoms with Crippen molar-refractivity contribution < 1.29 is 19.5 Å². The van der Waals surface area contributed by atoms with E-state index in [1.807, 2.05) is 12.1 Å². The lowest BCUT2D eigenvalue weighted by atomic mass is 10.1. The summed E-state index contributed by atoms with van der Waals surface area (Å²) < 4.78 is 4.99. The molecular formula is C14H16N2O4. The van der Waals surface area contributed by atoms with Gasteiger partial charge in [0.1, 0.15) is 6.21 Å². The fraction of sp³-hybridized carbons (Fsp3) is 0.357. The van der Waals surface area contributed by atoms with Crippen LogP contribution in [0.2, 0.25) is 0 Å². The fourth-order valence-electron chi connectivity index (χ4n) is 2.11. The number of benzene rings is 1. The molecule has 1 fully saturated rings. The highest BCUT2D eigenvalue weighted by atomic mass is 16.5. The zero-order chi connectivity index (χ0) is 14.5. The van der Waals surface area contributed by atoms with E-state index in [0.29, 0.717) is 12.3 Å². The standard InChI is InChI=1S/C14H16N2O4/c1-2-20-14(18)12-7-11(12)9-3-5-10(6-4-9)16-13(17)8-15-19/h3-6,8,11-12,19H,2,7H2,1H3,(H,16,17)/b15-8+. The molecule has 0 bridgehead atoms. The second-order valence-corrected chi connectivity index (χ2v) is 4.56. The van der Waals surface area contributed by atoms with Gasteiger partial charge in [-0.1, -0.05) is 17.3 Å². The largest absolute Gasteiger partial charge is 0.466 e. The van der Waals surface area contributed by atoms with Gasteiger partial charge in [-0.05, 0) is 37.0 Å². The van der Waals surface area contributed by atoms with Gasteiger partial charge < -0.3 is 15.3 Å². The molecule has 1 aliphatic rings. The number of rotatable bonds is 5. The van der Waals surface area contributed by atoms with Crippen LogP contribution in [0.3, 0.4) is 0 Å². The number of oxime groups is 1. The average molecular weight is 276 g/mol. The number of nitrogens with one attached hydrogen (secondary N) is 1. The molecule has 1 amide bonds. The lowest BCUT2D eigenvalue weighted by Gasteiger charge is -2.04. The molecule has 2 unspecified atom stereocenters. The maximum atomic E-state index is 11.6. The van der Waals surface area contributed by atoms with Gasteiger partial charge in [0.25, 0.3) is 5.91 Å². The summed E-state index contributed by atoms with van der Waals surface area (Å²) in [4.78, 5) is 22.7. The van der Waals surface area contributed by atoms with E-state index in [9.17, 15) is 9.59 Å². The van der Waals surface area contributed by atoms with Gasteiger partial charge in [-0.15, -0.1) is 0 Å². The Labute approximate surface area is 116 Å². The van der Waals surface area contributed by atoms with Crippen molar-refractivity contribution in [3.05, 3.63) is 29.8 Å². The summed E-state index contributed by atoms with van der Waals surface area (Å²) in [6.07, 6.45) is 1.59. The number of carbonyl (C=O) groups is 2. The second kappa shape index (κ2) is 6.18. The van der Waals surface area contributed by atoms with Crippen molar-refractivity contribution in [1.82, 2.24) is 0 Å². The Morgan fingerprint density at radius 2 is 2.15 bits per heavy atom. The van der Waals surface area contributed by atoms with Gasteiger partial charge in [0.15, 0.2) is 0 Å². The molecule has 0 aromatic heterocycles. The second-order valence-electron chi connectivity index (χ2n) is 4.56. The van der Waals surface area contributed by atoms with Crippen molar-refractivity contribution in [2.24, 2.45) is 11.1 Å². The zero-order valence-electron chi connectivity index (χ0n) is 11.1. The number of amides is 1. The van der Waals surface area contributed by atoms with Crippen molar-refractivity contribution in [2.45, 2.75) is 19.3 Å². The summed E-state index contributed by atoms with van der Waals surface area (Å²) in [6.45, 7) is 2.20. The molecule has 1 aliphatic carbocycles. The van der Waals surface area contributed by atoms with Gasteiger partial charge in [0.2, 0.25) is 0 Å². The molecular weight excluding hydrogens is 260 g/mol. The molecule has 2 atom stereocenters. The molecule has 2 N–H and O–H groups in total. The maximum Gasteiger partial charge on any atom is 0.309 e. The molecule has 20 heavy (non-hydrogen) atoms. The van der Waals surface area contributed by atoms with Crippen LogP contribution in [0.5, 0.6) is 0 Å². The predicted octanol–water partition coefficient (Wildman–Crippen LogP) is 1.75. The summed E-state index contributed by atoms with van der Waals surface area (Å²) in [5.41, 5.74) is 1.66. The van der Waals surface area contributed by atoms with E-state index >= 15 is 0 Å². The van der Waals surface area contributed by atoms with Gasteiger partial charge in [-0.2, -0.15) is 0 Å². The SMILES string of the molecule is CCOC(=O)C1CC1c1ccc(NC(=O)/C=N/O)cc1. The van der Waals surface area contributed by atoms with E-state index < -0.39 is 5.91 Å². The minimum absolute atomic E-state index is 0.0445. The number of hydrogen-bond donors (Lipinski definition) is 2. The van der Waals surface area contributed by atoms with Crippen molar-refractivity contribution in [2.75, 3.05) is 11.9 Å². The topological polar surface area (TPSA) is 88.0 Å². The average Bonchev–Trinajstić information content (AvgIpc) is 3.20. The number of ether oxygens (including phenoxy) is 1. The minimum Gasteiger partial charge on any atom is -0.466 e. The van der Waals surface area contributed by atoms with Crippen molar-refractivity contribution in [3.63, 3.8) is 0 Å². The Balaban J connectivity index is 1.93. The first-order valence-corrected chi connectivity index (χ1v) is 6.40. The molecule has 6 nitrogen and oxygen atoms in total. The third-order valence-electron chi connectivity index (χ3n) is 3.16. The van der Waals surface area contributed by atoms with Crippen LogP contribution in [0.4, 0.5) is 5.69 Å². The van der Waals surface area contributed by atoms with Crippen LogP contribution >= 0.6 is 0 Å². The summed E-state index contributed by atoms with van der Waals surface area (Å²) in [7, 11) is 0. The fourth-order valence-corrected chi connectivity index (χ4v) is 2.11. The van der Waals surface area contributed by atoms with E-state index in [0.717, 1.165) is 18.2 Å². The Hall–Kier alpha value is -2.37. The molecule has 2 rings (SSSR count). The molecule has 0 spiro atoms. The molecule has 1 aromatic rings. The Bertz CT molecular complexity index is 524. The van der Waals surface area contributed by atoms with Gasteiger partial charge in [0, 0.05) is 5.69 Å². The monoisotopic (exact) mass is 276 g/mol. The van der Waals surface area contributed by atoms with Gasteiger partial charge in [-0.3, -0.25) is 9.59 Å². The van der Waals surface area contributed by atoms with Crippen LogP contribution in [0.1, 0.15) is 24.8 Å². The van der Waals surface area contributed by atoms with E-state index in [1.54, 1.807) is 19.1 Å². The number of esters is 1. The quantitative estimate of drug-likeness (QED) is 0.371. The van der Waals surface area contributed by atoms with E-state index in [4.69, 9.17) is 9.94 Å². The predicted molar refractivity (Wildman–Crippen MR) is 72.8 cm³/mol. The van der Waals surface area contributed by atoms with E-state index in [1.165, 1.54) is 0 Å². The number of anilines is 1. The highest BCUT2D eigenvalue weighted by molar-refractivity contribution is 6.31. The molecule has 106 valence electrons. The number of carbonyl (C=O) groups excluding carboxylic acids is 2. The molecule has 6 heteroatoms. The third-order valence-corrected chi connectivity index (χ3v) is 3.16. The van der Waals surface area contributed by atoms with Crippen LogP contribution in [0.25, 0.3) is 0 Å². The normalized spacial score (nSPS) is 20.6. The summed E-state index contributed by atoms with van der Waals surface area (Å²) in [5.74, 6) is -0.486. The van der Waals surface area contributed by atoms with E-state index in [-0.39, 0.29) is 17.8 Å². The van der Waals surface area contributed by atoms with Crippen molar-refractivity contribution in [1.29, 1.82) is 0 Å². The molecule has 0 radical (unpaired) electrons. The first kappa shape index (κ1) is 14.0. The van der Waals surface area contributed by atoms with Crippen LogP contribution in [0.15, 0.2) is 29.4 Å². The summed E-state index contributed by atoms with van der Waals surface area (Å²) >= 11 is 0.